The van der Waals surface area contributed by atoms with Crippen molar-refractivity contribution in [3.05, 3.63) is 86.9 Å². The lowest BCUT2D eigenvalue weighted by Crippen LogP contribution is -2.38. The largest absolute Gasteiger partial charge is 0.467 e. The van der Waals surface area contributed by atoms with Gasteiger partial charge >= 0.3 is 12.2 Å². The monoisotopic (exact) mass is 556 g/mol. The van der Waals surface area contributed by atoms with Crippen LogP contribution in [0.25, 0.3) is 0 Å². The van der Waals surface area contributed by atoms with Crippen LogP contribution in [0.4, 0.5) is 17.6 Å². The number of halogens is 6. The number of amides is 1. The Morgan fingerprint density at radius 1 is 1.11 bits per heavy atom. The maximum Gasteiger partial charge on any atom is 0.419 e. The van der Waals surface area contributed by atoms with Gasteiger partial charge in [-0.05, 0) is 42.4 Å². The van der Waals surface area contributed by atoms with Gasteiger partial charge in [-0.25, -0.2) is 14.4 Å². The quantitative estimate of drug-likeness (QED) is 0.365. The van der Waals surface area contributed by atoms with Gasteiger partial charge in [0.2, 0.25) is 0 Å². The summed E-state index contributed by atoms with van der Waals surface area (Å²) in [6, 6.07) is 7.98. The molecule has 1 fully saturated rings. The number of alkyl halides is 3. The molecule has 37 heavy (non-hydrogen) atoms. The number of likely N-dealkylation sites (N-methyl/N-ethyl adjacent to an activating group) is 1. The number of likely N-dealkylation sites (tertiary alicyclic amines) is 1. The second-order valence-corrected chi connectivity index (χ2v) is 9.56. The zero-order chi connectivity index (χ0) is 26.9. The van der Waals surface area contributed by atoms with E-state index in [2.05, 4.69) is 9.97 Å². The molecule has 0 spiro atoms. The number of benzene rings is 2. The van der Waals surface area contributed by atoms with Crippen molar-refractivity contribution >= 4 is 29.1 Å². The third-order valence-corrected chi connectivity index (χ3v) is 7.08. The minimum absolute atomic E-state index is 0.132. The summed E-state index contributed by atoms with van der Waals surface area (Å²) in [5, 5.41) is 0.746. The summed E-state index contributed by atoms with van der Waals surface area (Å²) in [6.07, 6.45) is -2.01. The van der Waals surface area contributed by atoms with Gasteiger partial charge in [0.05, 0.1) is 28.3 Å². The van der Waals surface area contributed by atoms with Gasteiger partial charge in [-0.2, -0.15) is 13.2 Å². The Balaban J connectivity index is 1.60. The lowest BCUT2D eigenvalue weighted by molar-refractivity contribution is -0.140. The van der Waals surface area contributed by atoms with E-state index in [1.54, 1.807) is 24.1 Å². The van der Waals surface area contributed by atoms with Crippen LogP contribution in [0.15, 0.2) is 48.8 Å². The maximum atomic E-state index is 14.2. The molecule has 1 aliphatic heterocycles. The second-order valence-electron chi connectivity index (χ2n) is 8.74. The SMILES string of the molecule is COc1ncc(C(=O)N2CC(N(C)Cc3ccc(C(F)(F)F)c(F)c3)[C@@H](c3ccc(Cl)c(Cl)c3)C2)cn1. The predicted molar refractivity (Wildman–Crippen MR) is 130 cm³/mol. The van der Waals surface area contributed by atoms with Gasteiger partial charge in [0.1, 0.15) is 5.82 Å². The predicted octanol–water partition coefficient (Wildman–Crippen LogP) is 5.69. The van der Waals surface area contributed by atoms with Gasteiger partial charge in [-0.15, -0.1) is 0 Å². The van der Waals surface area contributed by atoms with Crippen molar-refractivity contribution in [1.82, 2.24) is 19.8 Å². The smallest absolute Gasteiger partial charge is 0.419 e. The van der Waals surface area contributed by atoms with Crippen LogP contribution in [0, 0.1) is 5.82 Å². The Morgan fingerprint density at radius 3 is 2.41 bits per heavy atom. The first-order chi connectivity index (χ1) is 17.5. The molecule has 4 rings (SSSR count). The summed E-state index contributed by atoms with van der Waals surface area (Å²) in [6.45, 7) is 0.791. The molecule has 1 unspecified atom stereocenters. The molecule has 0 radical (unpaired) electrons. The third kappa shape index (κ3) is 5.97. The normalized spacial score (nSPS) is 17.9. The van der Waals surface area contributed by atoms with E-state index >= 15 is 0 Å². The van der Waals surface area contributed by atoms with Gasteiger partial charge < -0.3 is 9.64 Å². The second kappa shape index (κ2) is 10.8. The average molecular weight is 557 g/mol. The molecule has 2 heterocycles. The summed E-state index contributed by atoms with van der Waals surface area (Å²) >= 11 is 12.3. The van der Waals surface area contributed by atoms with Crippen molar-refractivity contribution in [2.75, 3.05) is 27.2 Å². The zero-order valence-electron chi connectivity index (χ0n) is 19.8. The van der Waals surface area contributed by atoms with Crippen molar-refractivity contribution in [3.63, 3.8) is 0 Å². The van der Waals surface area contributed by atoms with E-state index in [1.165, 1.54) is 25.6 Å². The van der Waals surface area contributed by atoms with E-state index in [4.69, 9.17) is 27.9 Å². The van der Waals surface area contributed by atoms with Crippen molar-refractivity contribution in [3.8, 4) is 6.01 Å². The van der Waals surface area contributed by atoms with Crippen LogP contribution >= 0.6 is 23.2 Å². The number of methoxy groups -OCH3 is 1. The molecule has 0 bridgehead atoms. The Hall–Kier alpha value is -2.95. The molecular weight excluding hydrogens is 535 g/mol. The van der Waals surface area contributed by atoms with E-state index in [-0.39, 0.29) is 36.0 Å². The van der Waals surface area contributed by atoms with Crippen LogP contribution in [0.2, 0.25) is 10.0 Å². The molecule has 1 aliphatic rings. The van der Waals surface area contributed by atoms with Crippen molar-refractivity contribution < 1.29 is 27.1 Å². The summed E-state index contributed by atoms with van der Waals surface area (Å²) in [4.78, 5) is 24.7. The summed E-state index contributed by atoms with van der Waals surface area (Å²) in [5.74, 6) is -1.83. The maximum absolute atomic E-state index is 14.2. The third-order valence-electron chi connectivity index (χ3n) is 6.34. The number of aromatic nitrogens is 2. The summed E-state index contributed by atoms with van der Waals surface area (Å²) in [7, 11) is 3.19. The number of hydrogen-bond donors (Lipinski definition) is 0. The van der Waals surface area contributed by atoms with Gasteiger partial charge in [0.15, 0.2) is 0 Å². The molecular formula is C25H22Cl2F4N4O2. The van der Waals surface area contributed by atoms with E-state index in [0.717, 1.165) is 17.7 Å². The lowest BCUT2D eigenvalue weighted by Gasteiger charge is -2.29. The Bertz CT molecular complexity index is 1290. The van der Waals surface area contributed by atoms with Crippen molar-refractivity contribution in [2.45, 2.75) is 24.7 Å². The molecule has 0 N–H and O–H groups in total. The van der Waals surface area contributed by atoms with Crippen LogP contribution in [-0.2, 0) is 12.7 Å². The molecule has 0 saturated carbocycles. The fourth-order valence-electron chi connectivity index (χ4n) is 4.48. The topological polar surface area (TPSA) is 58.6 Å². The summed E-state index contributed by atoms with van der Waals surface area (Å²) in [5.41, 5.74) is 0.175. The van der Waals surface area contributed by atoms with E-state index in [0.29, 0.717) is 28.7 Å². The first-order valence-corrected chi connectivity index (χ1v) is 11.9. The fraction of sp³-hybridized carbons (Fsp3) is 0.320. The first kappa shape index (κ1) is 27.1. The Labute approximate surface area is 220 Å². The number of ether oxygens (including phenoxy) is 1. The molecule has 196 valence electrons. The minimum atomic E-state index is -4.77. The molecule has 1 aromatic heterocycles. The fourth-order valence-corrected chi connectivity index (χ4v) is 4.78. The number of carbonyl (C=O) groups excluding carboxylic acids is 1. The van der Waals surface area contributed by atoms with Gasteiger partial charge in [0.25, 0.3) is 5.91 Å². The van der Waals surface area contributed by atoms with Gasteiger partial charge in [-0.3, -0.25) is 9.69 Å². The molecule has 6 nitrogen and oxygen atoms in total. The molecule has 1 amide bonds. The average Bonchev–Trinajstić information content (AvgIpc) is 3.30. The number of nitrogens with zero attached hydrogens (tertiary/aromatic N) is 4. The number of hydrogen-bond acceptors (Lipinski definition) is 5. The van der Waals surface area contributed by atoms with Crippen LogP contribution in [0.3, 0.4) is 0 Å². The van der Waals surface area contributed by atoms with E-state index in [9.17, 15) is 22.4 Å². The lowest BCUT2D eigenvalue weighted by atomic mass is 9.93. The molecule has 3 aromatic rings. The highest BCUT2D eigenvalue weighted by Gasteiger charge is 2.39. The molecule has 2 atom stereocenters. The number of carbonyl (C=O) groups is 1. The van der Waals surface area contributed by atoms with Crippen LogP contribution in [0.5, 0.6) is 6.01 Å². The molecule has 1 saturated heterocycles. The van der Waals surface area contributed by atoms with Crippen molar-refractivity contribution in [2.24, 2.45) is 0 Å². The van der Waals surface area contributed by atoms with Crippen molar-refractivity contribution in [1.29, 1.82) is 0 Å². The van der Waals surface area contributed by atoms with Gasteiger partial charge in [-0.1, -0.05) is 35.3 Å². The summed E-state index contributed by atoms with van der Waals surface area (Å²) < 4.78 is 58.0. The first-order valence-electron chi connectivity index (χ1n) is 11.1. The highest BCUT2D eigenvalue weighted by molar-refractivity contribution is 6.42. The minimum Gasteiger partial charge on any atom is -0.467 e. The highest BCUT2D eigenvalue weighted by Crippen LogP contribution is 2.36. The van der Waals surface area contributed by atoms with Crippen LogP contribution in [-0.4, -0.2) is 59.0 Å². The van der Waals surface area contributed by atoms with E-state index in [1.807, 2.05) is 11.0 Å². The Morgan fingerprint density at radius 2 is 1.81 bits per heavy atom. The van der Waals surface area contributed by atoms with E-state index < -0.39 is 17.6 Å². The van der Waals surface area contributed by atoms with Crippen LogP contribution < -0.4 is 4.74 Å². The highest BCUT2D eigenvalue weighted by atomic mass is 35.5. The van der Waals surface area contributed by atoms with Crippen LogP contribution in [0.1, 0.15) is 33.0 Å². The molecule has 12 heteroatoms. The van der Waals surface area contributed by atoms with Gasteiger partial charge in [0, 0.05) is 44.0 Å². The zero-order valence-corrected chi connectivity index (χ0v) is 21.3. The molecule has 2 aromatic carbocycles. The number of rotatable bonds is 6. The standard InChI is InChI=1S/C25H22Cl2F4N4O2/c1-34(11-14-3-5-18(21(28)7-14)25(29,30)31)22-13-35(23(36)16-9-32-24(37-2)33-10-16)12-17(22)15-4-6-19(26)20(27)8-15/h3-10,17,22H,11-13H2,1-2H3/t17-,22?/m1/s1. The Kier molecular flexibility index (Phi) is 7.91. The molecule has 0 aliphatic carbocycles.